The summed E-state index contributed by atoms with van der Waals surface area (Å²) in [4.78, 5) is 55.0. The zero-order chi connectivity index (χ0) is 28.0. The van der Waals surface area contributed by atoms with Crippen LogP contribution in [0.15, 0.2) is 47.8 Å². The molecule has 4 rings (SSSR count). The lowest BCUT2D eigenvalue weighted by Gasteiger charge is -2.58. The maximum atomic E-state index is 13.2. The molecule has 2 unspecified atom stereocenters. The van der Waals surface area contributed by atoms with Gasteiger partial charge in [0.2, 0.25) is 0 Å². The van der Waals surface area contributed by atoms with Gasteiger partial charge < -0.3 is 14.2 Å². The Bertz CT molecular complexity index is 1200. The number of fused-ring (bicyclic) bond motifs is 3. The molecule has 0 amide bonds. The summed E-state index contributed by atoms with van der Waals surface area (Å²) >= 11 is 0. The first kappa shape index (κ1) is 27.7. The predicted octanol–water partition coefficient (Wildman–Crippen LogP) is 4.78. The Kier molecular flexibility index (Phi) is 7.38. The monoisotopic (exact) mass is 523 g/mol. The van der Waals surface area contributed by atoms with Crippen LogP contribution in [0.4, 0.5) is 0 Å². The zero-order valence-electron chi connectivity index (χ0n) is 23.0. The normalized spacial score (nSPS) is 32.4. The van der Waals surface area contributed by atoms with Crippen molar-refractivity contribution >= 4 is 23.7 Å². The third kappa shape index (κ3) is 4.81. The fraction of sp³-hybridized carbons (Fsp3) is 0.567. The number of ketones is 1. The fourth-order valence-electron chi connectivity index (χ4n) is 6.97. The SMILES string of the molecule is C=C1C2[C@H](OC(C)=O)C3CC(=O)C(C)=C(C[C@@H](OC(C)=O)[C@]2(C)CC[C@@H]1OC(=O)c1cccnc1)C3(C)C. The summed E-state index contributed by atoms with van der Waals surface area (Å²) in [6.45, 7) is 15.1. The molecule has 1 aromatic rings. The van der Waals surface area contributed by atoms with Gasteiger partial charge in [0, 0.05) is 56.3 Å². The standard InChI is InChI=1S/C30H37NO7/c1-16-21-14-25(36-18(3)32)30(7)11-10-24(38-28(35)20-9-8-12-31-15-20)17(2)26(30)27(37-19(4)33)22(13-23(16)34)29(21,5)6/h8-9,12,15,22,24-27H,2,10-11,13-14H2,1,3-7H3/t22?,24-,25+,26?,27+,30-/m0/s1. The molecule has 0 saturated heterocycles. The number of carbonyl (C=O) groups excluding carboxylic acids is 4. The molecule has 3 aliphatic rings. The topological polar surface area (TPSA) is 109 Å². The van der Waals surface area contributed by atoms with Crippen LogP contribution in [-0.2, 0) is 28.6 Å². The zero-order valence-corrected chi connectivity index (χ0v) is 23.0. The van der Waals surface area contributed by atoms with E-state index in [1.807, 2.05) is 13.8 Å². The van der Waals surface area contributed by atoms with Crippen molar-refractivity contribution in [2.75, 3.05) is 0 Å². The number of esters is 3. The quantitative estimate of drug-likeness (QED) is 0.315. The number of nitrogens with zero attached hydrogens (tertiary/aromatic N) is 1. The summed E-state index contributed by atoms with van der Waals surface area (Å²) < 4.78 is 18.0. The lowest BCUT2D eigenvalue weighted by molar-refractivity contribution is -0.181. The van der Waals surface area contributed by atoms with Crippen molar-refractivity contribution in [1.82, 2.24) is 4.98 Å². The third-order valence-corrected chi connectivity index (χ3v) is 9.06. The number of pyridine rings is 1. The smallest absolute Gasteiger partial charge is 0.340 e. The van der Waals surface area contributed by atoms with Gasteiger partial charge in [-0.25, -0.2) is 4.79 Å². The number of ether oxygens (including phenoxy) is 3. The highest BCUT2D eigenvalue weighted by atomic mass is 16.6. The van der Waals surface area contributed by atoms with Gasteiger partial charge in [-0.15, -0.1) is 0 Å². The molecule has 0 spiro atoms. The molecule has 2 bridgehead atoms. The highest BCUT2D eigenvalue weighted by Gasteiger charge is 2.60. The van der Waals surface area contributed by atoms with E-state index in [1.54, 1.807) is 18.3 Å². The minimum Gasteiger partial charge on any atom is -0.462 e. The molecule has 1 aromatic heterocycles. The van der Waals surface area contributed by atoms with Crippen LogP contribution in [0.5, 0.6) is 0 Å². The van der Waals surface area contributed by atoms with Crippen LogP contribution in [0.3, 0.4) is 0 Å². The van der Waals surface area contributed by atoms with E-state index in [9.17, 15) is 19.2 Å². The van der Waals surface area contributed by atoms with E-state index in [1.165, 1.54) is 20.0 Å². The molecule has 3 aliphatic carbocycles. The number of aromatic nitrogens is 1. The molecule has 2 saturated carbocycles. The fourth-order valence-corrected chi connectivity index (χ4v) is 6.97. The number of hydrogen-bond acceptors (Lipinski definition) is 8. The summed E-state index contributed by atoms with van der Waals surface area (Å²) in [6.07, 6.45) is 2.67. The molecule has 6 atom stereocenters. The Balaban J connectivity index is 1.83. The van der Waals surface area contributed by atoms with Gasteiger partial charge >= 0.3 is 17.9 Å². The Morgan fingerprint density at radius 3 is 2.34 bits per heavy atom. The van der Waals surface area contributed by atoms with Gasteiger partial charge in [-0.3, -0.25) is 19.4 Å². The van der Waals surface area contributed by atoms with Crippen molar-refractivity contribution in [2.45, 2.75) is 85.5 Å². The van der Waals surface area contributed by atoms with Crippen molar-refractivity contribution in [3.8, 4) is 0 Å². The second-order valence-electron chi connectivity index (χ2n) is 11.7. The number of carbonyl (C=O) groups is 4. The van der Waals surface area contributed by atoms with Crippen molar-refractivity contribution < 1.29 is 33.4 Å². The summed E-state index contributed by atoms with van der Waals surface area (Å²) in [7, 11) is 0. The van der Waals surface area contributed by atoms with Crippen LogP contribution in [0, 0.1) is 22.7 Å². The second kappa shape index (κ2) is 10.1. The number of Topliss-reactive ketones (excluding diaryl/α,β-unsaturated/α-hetero) is 1. The Labute approximate surface area is 223 Å². The van der Waals surface area contributed by atoms with E-state index in [4.69, 9.17) is 14.2 Å². The lowest BCUT2D eigenvalue weighted by atomic mass is 9.50. The van der Waals surface area contributed by atoms with Gasteiger partial charge in [-0.1, -0.05) is 32.9 Å². The van der Waals surface area contributed by atoms with Gasteiger partial charge in [0.1, 0.15) is 18.3 Å². The Hall–Kier alpha value is -3.29. The molecule has 0 aliphatic heterocycles. The van der Waals surface area contributed by atoms with E-state index in [-0.39, 0.29) is 18.1 Å². The maximum absolute atomic E-state index is 13.2. The minimum atomic E-state index is -0.731. The summed E-state index contributed by atoms with van der Waals surface area (Å²) in [5, 5.41) is 0. The number of rotatable bonds is 4. The van der Waals surface area contributed by atoms with E-state index in [0.29, 0.717) is 36.0 Å². The average Bonchev–Trinajstić information content (AvgIpc) is 2.84. The molecule has 38 heavy (non-hydrogen) atoms. The number of allylic oxidation sites excluding steroid dienone is 1. The molecule has 8 heteroatoms. The Morgan fingerprint density at radius 2 is 1.74 bits per heavy atom. The first-order valence-corrected chi connectivity index (χ1v) is 13.1. The first-order chi connectivity index (χ1) is 17.8. The predicted molar refractivity (Wildman–Crippen MR) is 139 cm³/mol. The summed E-state index contributed by atoms with van der Waals surface area (Å²) in [5.41, 5.74) is 1.34. The average molecular weight is 524 g/mol. The third-order valence-electron chi connectivity index (χ3n) is 9.06. The molecule has 2 fully saturated rings. The number of hydrogen-bond donors (Lipinski definition) is 0. The van der Waals surface area contributed by atoms with Crippen molar-refractivity contribution in [1.29, 1.82) is 0 Å². The first-order valence-electron chi connectivity index (χ1n) is 13.1. The molecule has 8 nitrogen and oxygen atoms in total. The van der Waals surface area contributed by atoms with E-state index < -0.39 is 53.0 Å². The van der Waals surface area contributed by atoms with Crippen molar-refractivity contribution in [3.63, 3.8) is 0 Å². The van der Waals surface area contributed by atoms with Gasteiger partial charge in [0.15, 0.2) is 5.78 Å². The van der Waals surface area contributed by atoms with Crippen LogP contribution in [0.25, 0.3) is 0 Å². The molecule has 0 aromatic carbocycles. The lowest BCUT2D eigenvalue weighted by Crippen LogP contribution is -2.59. The van der Waals surface area contributed by atoms with Crippen LogP contribution < -0.4 is 0 Å². The van der Waals surface area contributed by atoms with E-state index in [0.717, 1.165) is 5.57 Å². The second-order valence-corrected chi connectivity index (χ2v) is 11.7. The van der Waals surface area contributed by atoms with Gasteiger partial charge in [0.05, 0.1) is 5.56 Å². The van der Waals surface area contributed by atoms with Crippen molar-refractivity contribution in [2.24, 2.45) is 22.7 Å². The molecule has 1 heterocycles. The largest absolute Gasteiger partial charge is 0.462 e. The summed E-state index contributed by atoms with van der Waals surface area (Å²) in [5.74, 6) is -2.27. The molecule has 0 N–H and O–H groups in total. The van der Waals surface area contributed by atoms with Crippen LogP contribution in [0.2, 0.25) is 0 Å². The highest BCUT2D eigenvalue weighted by molar-refractivity contribution is 5.97. The van der Waals surface area contributed by atoms with Crippen molar-refractivity contribution in [3.05, 3.63) is 53.4 Å². The molecular formula is C30H37NO7. The van der Waals surface area contributed by atoms with Gasteiger partial charge in [-0.05, 0) is 48.5 Å². The van der Waals surface area contributed by atoms with Crippen LogP contribution in [-0.4, -0.2) is 47.0 Å². The van der Waals surface area contributed by atoms with Crippen LogP contribution in [0.1, 0.15) is 77.6 Å². The van der Waals surface area contributed by atoms with E-state index >= 15 is 0 Å². The molecular weight excluding hydrogens is 486 g/mol. The highest BCUT2D eigenvalue weighted by Crippen LogP contribution is 2.60. The minimum absolute atomic E-state index is 0.00682. The molecule has 204 valence electrons. The maximum Gasteiger partial charge on any atom is 0.340 e. The van der Waals surface area contributed by atoms with Crippen LogP contribution >= 0.6 is 0 Å². The van der Waals surface area contributed by atoms with Gasteiger partial charge in [-0.2, -0.15) is 0 Å². The van der Waals surface area contributed by atoms with Gasteiger partial charge in [0.25, 0.3) is 0 Å². The van der Waals surface area contributed by atoms with E-state index in [2.05, 4.69) is 25.4 Å². The molecule has 0 radical (unpaired) electrons. The summed E-state index contributed by atoms with van der Waals surface area (Å²) in [6, 6.07) is 3.29. The Morgan fingerprint density at radius 1 is 1.05 bits per heavy atom.